The molecule has 200 valence electrons. The fourth-order valence-corrected chi connectivity index (χ4v) is 4.68. The van der Waals surface area contributed by atoms with Gasteiger partial charge in [0.2, 0.25) is 5.91 Å². The number of ketones is 1. The van der Waals surface area contributed by atoms with Gasteiger partial charge >= 0.3 is 0 Å². The van der Waals surface area contributed by atoms with Crippen LogP contribution in [0.1, 0.15) is 48.0 Å². The van der Waals surface area contributed by atoms with Crippen LogP contribution in [-0.2, 0) is 11.2 Å². The van der Waals surface area contributed by atoms with Crippen LogP contribution in [0.2, 0.25) is 0 Å². The average Bonchev–Trinajstić information content (AvgIpc) is 2.87. The second kappa shape index (κ2) is 12.4. The predicted molar refractivity (Wildman–Crippen MR) is 135 cm³/mol. The van der Waals surface area contributed by atoms with Crippen LogP contribution in [0.15, 0.2) is 42.5 Å². The van der Waals surface area contributed by atoms with E-state index >= 15 is 0 Å². The molecule has 2 aromatic rings. The number of ether oxygens (including phenoxy) is 3. The Balaban J connectivity index is 1.23. The van der Waals surface area contributed by atoms with Gasteiger partial charge in [-0.15, -0.1) is 0 Å². The van der Waals surface area contributed by atoms with Crippen LogP contribution >= 0.6 is 0 Å². The fourth-order valence-electron chi connectivity index (χ4n) is 4.68. The lowest BCUT2D eigenvalue weighted by molar-refractivity contribution is -0.134. The van der Waals surface area contributed by atoms with E-state index in [1.807, 2.05) is 18.2 Å². The van der Waals surface area contributed by atoms with Crippen LogP contribution in [0.3, 0.4) is 0 Å². The Labute approximate surface area is 216 Å². The van der Waals surface area contributed by atoms with Crippen LogP contribution in [0.5, 0.6) is 17.2 Å². The van der Waals surface area contributed by atoms with E-state index in [-0.39, 0.29) is 30.8 Å². The number of carbonyl (C=O) groups is 2. The Kier molecular flexibility index (Phi) is 8.97. The van der Waals surface area contributed by atoms with Crippen molar-refractivity contribution >= 4 is 11.7 Å². The highest BCUT2D eigenvalue weighted by molar-refractivity contribution is 5.96. The van der Waals surface area contributed by atoms with Crippen LogP contribution < -0.4 is 19.5 Å². The van der Waals surface area contributed by atoms with E-state index in [4.69, 9.17) is 14.2 Å². The highest BCUT2D eigenvalue weighted by Gasteiger charge is 2.44. The molecule has 2 aliphatic heterocycles. The fraction of sp³-hybridized carbons (Fsp3) is 0.500. The zero-order valence-corrected chi connectivity index (χ0v) is 21.1. The Hall–Kier alpha value is -3.20. The van der Waals surface area contributed by atoms with Gasteiger partial charge in [-0.3, -0.25) is 14.5 Å². The molecule has 9 heteroatoms. The number of benzene rings is 2. The summed E-state index contributed by atoms with van der Waals surface area (Å²) < 4.78 is 43.1. The molecule has 0 aromatic heterocycles. The molecule has 0 aliphatic carbocycles. The molecule has 0 saturated carbocycles. The molecule has 1 saturated heterocycles. The largest absolute Gasteiger partial charge is 0.497 e. The van der Waals surface area contributed by atoms with Gasteiger partial charge in [-0.05, 0) is 61.2 Å². The lowest BCUT2D eigenvalue weighted by Gasteiger charge is -2.40. The highest BCUT2D eigenvalue weighted by atomic mass is 19.3. The Bertz CT molecular complexity index is 1070. The van der Waals surface area contributed by atoms with Crippen LogP contribution in [0, 0.1) is 0 Å². The first-order valence-corrected chi connectivity index (χ1v) is 12.8. The first-order valence-electron chi connectivity index (χ1n) is 12.8. The number of unbranched alkanes of at least 4 members (excludes halogenated alkanes) is 2. The molecular weight excluding hydrogens is 482 g/mol. The maximum atomic E-state index is 13.4. The topological polar surface area (TPSA) is 77.1 Å². The van der Waals surface area contributed by atoms with Gasteiger partial charge in [0.05, 0.1) is 20.2 Å². The minimum atomic E-state index is -2.66. The molecule has 4 rings (SSSR count). The highest BCUT2D eigenvalue weighted by Crippen LogP contribution is 2.32. The normalized spacial score (nSPS) is 16.9. The van der Waals surface area contributed by atoms with Gasteiger partial charge in [0, 0.05) is 31.0 Å². The molecule has 1 N–H and O–H groups in total. The summed E-state index contributed by atoms with van der Waals surface area (Å²) in [6.07, 6.45) is 3.34. The third-order valence-electron chi connectivity index (χ3n) is 6.56. The number of carbonyl (C=O) groups excluding carboxylic acids is 2. The van der Waals surface area contributed by atoms with Crippen LogP contribution in [-0.4, -0.2) is 68.5 Å². The van der Waals surface area contributed by atoms with Gasteiger partial charge in [-0.25, -0.2) is 8.78 Å². The molecule has 2 aliphatic rings. The van der Waals surface area contributed by atoms with E-state index in [0.29, 0.717) is 74.7 Å². The molecule has 0 spiro atoms. The van der Waals surface area contributed by atoms with Crippen LogP contribution in [0.4, 0.5) is 8.78 Å². The van der Waals surface area contributed by atoms with Crippen molar-refractivity contribution in [3.63, 3.8) is 0 Å². The number of fused-ring (bicyclic) bond motifs is 1. The first kappa shape index (κ1) is 26.9. The molecule has 37 heavy (non-hydrogen) atoms. The van der Waals surface area contributed by atoms with Crippen molar-refractivity contribution in [2.75, 3.05) is 40.0 Å². The summed E-state index contributed by atoms with van der Waals surface area (Å²) in [5.74, 6) is -0.654. The second-order valence-electron chi connectivity index (χ2n) is 9.68. The van der Waals surface area contributed by atoms with Crippen molar-refractivity contribution in [3.8, 4) is 17.2 Å². The summed E-state index contributed by atoms with van der Waals surface area (Å²) in [7, 11) is 1.58. The standard InChI is InChI=1S/C28H34F2N2O5/c1-35-23-10-8-21(9-11-23)24(33)5-3-2-4-6-27(34)31-22(17-32-18-28(29,30)19-32)15-20-7-12-25-26(16-20)37-14-13-36-25/h7-12,16,22H,2-6,13-15,17-19H2,1H3,(H,31,34)/t22-/m0/s1. The number of alkyl halides is 2. The summed E-state index contributed by atoms with van der Waals surface area (Å²) >= 11 is 0. The molecule has 1 fully saturated rings. The zero-order chi connectivity index (χ0) is 26.3. The van der Waals surface area contributed by atoms with Crippen molar-refractivity contribution in [2.45, 2.75) is 50.5 Å². The summed E-state index contributed by atoms with van der Waals surface area (Å²) in [5, 5.41) is 3.03. The van der Waals surface area contributed by atoms with Gasteiger partial charge in [0.1, 0.15) is 19.0 Å². The maximum absolute atomic E-state index is 13.4. The van der Waals surface area contributed by atoms with Crippen molar-refractivity contribution in [1.82, 2.24) is 10.2 Å². The number of likely N-dealkylation sites (tertiary alicyclic amines) is 1. The summed E-state index contributed by atoms with van der Waals surface area (Å²) in [5.41, 5.74) is 1.59. The van der Waals surface area contributed by atoms with E-state index in [1.54, 1.807) is 36.3 Å². The van der Waals surface area contributed by atoms with E-state index in [1.165, 1.54) is 0 Å². The molecule has 0 unspecified atom stereocenters. The molecule has 2 aromatic carbocycles. The van der Waals surface area contributed by atoms with E-state index in [9.17, 15) is 18.4 Å². The molecule has 0 radical (unpaired) electrons. The van der Waals surface area contributed by atoms with Gasteiger partial charge in [0.25, 0.3) is 5.92 Å². The lowest BCUT2D eigenvalue weighted by atomic mass is 10.0. The second-order valence-corrected chi connectivity index (χ2v) is 9.68. The third-order valence-corrected chi connectivity index (χ3v) is 6.56. The lowest BCUT2D eigenvalue weighted by Crippen LogP contribution is -2.60. The third kappa shape index (κ3) is 7.89. The minimum Gasteiger partial charge on any atom is -0.497 e. The van der Waals surface area contributed by atoms with Crippen molar-refractivity contribution < 1.29 is 32.6 Å². The molecule has 2 heterocycles. The number of methoxy groups -OCH3 is 1. The number of rotatable bonds is 13. The zero-order valence-electron chi connectivity index (χ0n) is 21.1. The van der Waals surface area contributed by atoms with E-state index in [2.05, 4.69) is 5.32 Å². The maximum Gasteiger partial charge on any atom is 0.272 e. The Morgan fingerprint density at radius 3 is 2.41 bits per heavy atom. The number of amides is 1. The summed E-state index contributed by atoms with van der Waals surface area (Å²) in [6.45, 7) is 0.757. The molecule has 1 amide bonds. The molecule has 7 nitrogen and oxygen atoms in total. The smallest absolute Gasteiger partial charge is 0.272 e. The number of halogens is 2. The SMILES string of the molecule is COc1ccc(C(=O)CCCCCC(=O)N[C@@H](Cc2ccc3c(c2)OCCO3)CN2CC(F)(F)C2)cc1. The molecular formula is C28H34F2N2O5. The first-order chi connectivity index (χ1) is 17.8. The number of Topliss-reactive ketones (excluding diaryl/α,β-unsaturated/α-hetero) is 1. The summed E-state index contributed by atoms with van der Waals surface area (Å²) in [4.78, 5) is 26.7. The van der Waals surface area contributed by atoms with Crippen molar-refractivity contribution in [2.24, 2.45) is 0 Å². The Morgan fingerprint density at radius 1 is 1.00 bits per heavy atom. The summed E-state index contributed by atoms with van der Waals surface area (Å²) in [6, 6.07) is 12.4. The van der Waals surface area contributed by atoms with Gasteiger partial charge in [-0.2, -0.15) is 0 Å². The van der Waals surface area contributed by atoms with Gasteiger partial charge in [0.15, 0.2) is 17.3 Å². The predicted octanol–water partition coefficient (Wildman–Crippen LogP) is 4.28. The monoisotopic (exact) mass is 516 g/mol. The molecule has 1 atom stereocenters. The minimum absolute atomic E-state index is 0.0675. The number of hydrogen-bond acceptors (Lipinski definition) is 6. The van der Waals surface area contributed by atoms with Gasteiger partial charge in [-0.1, -0.05) is 12.5 Å². The number of nitrogens with zero attached hydrogens (tertiary/aromatic N) is 1. The Morgan fingerprint density at radius 2 is 1.70 bits per heavy atom. The van der Waals surface area contributed by atoms with Crippen molar-refractivity contribution in [1.29, 1.82) is 0 Å². The average molecular weight is 517 g/mol. The quantitative estimate of drug-likeness (QED) is 0.316. The van der Waals surface area contributed by atoms with E-state index < -0.39 is 5.92 Å². The van der Waals surface area contributed by atoms with Crippen LogP contribution in [0.25, 0.3) is 0 Å². The van der Waals surface area contributed by atoms with Crippen molar-refractivity contribution in [3.05, 3.63) is 53.6 Å². The van der Waals surface area contributed by atoms with Gasteiger partial charge < -0.3 is 19.5 Å². The van der Waals surface area contributed by atoms with E-state index in [0.717, 1.165) is 12.0 Å². The molecule has 0 bridgehead atoms. The number of hydrogen-bond donors (Lipinski definition) is 1. The number of nitrogens with one attached hydrogen (secondary N) is 1.